The molecule has 18 heavy (non-hydrogen) atoms. The Morgan fingerprint density at radius 3 is 1.78 bits per heavy atom. The fraction of sp³-hybridized carbons (Fsp3) is 0.333. The van der Waals surface area contributed by atoms with Gasteiger partial charge in [-0.25, -0.2) is 0 Å². The maximum atomic E-state index is 12.5. The first-order valence-corrected chi connectivity index (χ1v) is 5.39. The fourth-order valence-electron chi connectivity index (χ4n) is 1.25. The van der Waals surface area contributed by atoms with Crippen LogP contribution in [0.4, 0.5) is 26.3 Å². The van der Waals surface area contributed by atoms with E-state index in [1.807, 2.05) is 0 Å². The van der Waals surface area contributed by atoms with E-state index in [9.17, 15) is 26.3 Å². The molecule has 1 nitrogen and oxygen atoms in total. The average molecular weight is 357 g/mol. The Labute approximate surface area is 110 Å². The molecule has 0 aliphatic heterocycles. The van der Waals surface area contributed by atoms with Crippen molar-refractivity contribution in [2.75, 3.05) is 0 Å². The second-order valence-corrected chi connectivity index (χ2v) is 4.62. The molecule has 0 heterocycles. The second-order valence-electron chi connectivity index (χ2n) is 3.33. The number of halogens is 8. The minimum Gasteiger partial charge on any atom is -0.369 e. The van der Waals surface area contributed by atoms with Crippen molar-refractivity contribution < 1.29 is 31.4 Å². The van der Waals surface area contributed by atoms with E-state index in [0.717, 1.165) is 12.1 Å². The quantitative estimate of drug-likeness (QED) is 0.738. The Hall–Kier alpha value is -0.470. The van der Waals surface area contributed by atoms with Gasteiger partial charge in [0.05, 0.1) is 0 Å². The van der Waals surface area contributed by atoms with Crippen LogP contribution in [0, 0.1) is 0 Å². The topological polar surface area (TPSA) is 20.2 Å². The molecule has 9 heteroatoms. The molecular formula is C9H4BrClF6O. The van der Waals surface area contributed by atoms with Gasteiger partial charge in [0, 0.05) is 15.1 Å². The first-order valence-electron chi connectivity index (χ1n) is 4.22. The third kappa shape index (κ3) is 2.46. The minimum atomic E-state index is -5.92. The van der Waals surface area contributed by atoms with Gasteiger partial charge < -0.3 is 5.11 Å². The van der Waals surface area contributed by atoms with E-state index in [4.69, 9.17) is 16.7 Å². The maximum absolute atomic E-state index is 12.5. The van der Waals surface area contributed by atoms with E-state index in [0.29, 0.717) is 6.07 Å². The summed E-state index contributed by atoms with van der Waals surface area (Å²) in [6.45, 7) is 0. The van der Waals surface area contributed by atoms with Gasteiger partial charge >= 0.3 is 12.4 Å². The maximum Gasteiger partial charge on any atom is 0.430 e. The summed E-state index contributed by atoms with van der Waals surface area (Å²) in [5.41, 5.74) is -6.32. The normalized spacial score (nSPS) is 13.8. The molecule has 0 saturated carbocycles. The van der Waals surface area contributed by atoms with Crippen LogP contribution in [0.1, 0.15) is 5.56 Å². The van der Waals surface area contributed by atoms with Crippen LogP contribution in [-0.4, -0.2) is 17.5 Å². The summed E-state index contributed by atoms with van der Waals surface area (Å²) in [4.78, 5) is 0. The molecule has 0 bridgehead atoms. The Morgan fingerprint density at radius 1 is 1.00 bits per heavy atom. The highest BCUT2D eigenvalue weighted by Gasteiger charge is 2.71. The van der Waals surface area contributed by atoms with Crippen LogP contribution in [-0.2, 0) is 5.60 Å². The highest BCUT2D eigenvalue weighted by Crippen LogP contribution is 2.51. The highest BCUT2D eigenvalue weighted by atomic mass is 79.9. The molecule has 0 saturated heterocycles. The van der Waals surface area contributed by atoms with Gasteiger partial charge in [0.2, 0.25) is 0 Å². The van der Waals surface area contributed by atoms with Gasteiger partial charge in [-0.1, -0.05) is 33.6 Å². The highest BCUT2D eigenvalue weighted by molar-refractivity contribution is 9.10. The molecule has 1 N–H and O–H groups in total. The van der Waals surface area contributed by atoms with Gasteiger partial charge in [0.1, 0.15) is 0 Å². The first kappa shape index (κ1) is 15.6. The molecule has 1 rings (SSSR count). The van der Waals surface area contributed by atoms with Gasteiger partial charge in [-0.3, -0.25) is 0 Å². The molecule has 0 spiro atoms. The Kier molecular flexibility index (Phi) is 3.96. The summed E-state index contributed by atoms with van der Waals surface area (Å²) in [6.07, 6.45) is -11.8. The molecule has 0 radical (unpaired) electrons. The van der Waals surface area contributed by atoms with Gasteiger partial charge in [0.25, 0.3) is 5.60 Å². The summed E-state index contributed by atoms with van der Waals surface area (Å²) in [5, 5.41) is 9.03. The second kappa shape index (κ2) is 4.57. The smallest absolute Gasteiger partial charge is 0.369 e. The Balaban J connectivity index is 3.56. The molecule has 1 aromatic rings. The molecule has 0 aromatic heterocycles. The van der Waals surface area contributed by atoms with Crippen LogP contribution in [0.2, 0.25) is 5.02 Å². The van der Waals surface area contributed by atoms with Crippen molar-refractivity contribution >= 4 is 27.5 Å². The number of alkyl halides is 6. The zero-order valence-corrected chi connectivity index (χ0v) is 10.5. The summed E-state index contributed by atoms with van der Waals surface area (Å²) >= 11 is 7.94. The zero-order valence-electron chi connectivity index (χ0n) is 8.20. The van der Waals surface area contributed by atoms with Crippen LogP contribution in [0.3, 0.4) is 0 Å². The van der Waals surface area contributed by atoms with Crippen LogP contribution in [0.15, 0.2) is 22.7 Å². The standard InChI is InChI=1S/C9H4BrClF6O/c10-6-3-4(11)1-2-5(6)7(18,8(12,13)14)9(15,16)17/h1-3,18H. The molecule has 0 amide bonds. The van der Waals surface area contributed by atoms with E-state index < -0.39 is 28.0 Å². The SMILES string of the molecule is OC(c1ccc(Cl)cc1Br)(C(F)(F)F)C(F)(F)F. The summed E-state index contributed by atoms with van der Waals surface area (Å²) in [7, 11) is 0. The van der Waals surface area contributed by atoms with Crippen molar-refractivity contribution in [2.24, 2.45) is 0 Å². The van der Waals surface area contributed by atoms with Crippen molar-refractivity contribution in [3.63, 3.8) is 0 Å². The molecule has 0 unspecified atom stereocenters. The number of hydrogen-bond donors (Lipinski definition) is 1. The largest absolute Gasteiger partial charge is 0.430 e. The summed E-state index contributed by atoms with van der Waals surface area (Å²) in [6, 6.07) is 2.12. The third-order valence-electron chi connectivity index (χ3n) is 2.14. The van der Waals surface area contributed by atoms with E-state index in [1.165, 1.54) is 0 Å². The minimum absolute atomic E-state index is 0.0719. The lowest BCUT2D eigenvalue weighted by atomic mass is 9.92. The monoisotopic (exact) mass is 356 g/mol. The molecule has 0 fully saturated rings. The first-order chi connectivity index (χ1) is 7.91. The predicted molar refractivity (Wildman–Crippen MR) is 55.2 cm³/mol. The Bertz CT molecular complexity index is 441. The van der Waals surface area contributed by atoms with Crippen LogP contribution in [0.5, 0.6) is 0 Å². The van der Waals surface area contributed by atoms with E-state index in [1.54, 1.807) is 0 Å². The number of aliphatic hydroxyl groups is 1. The summed E-state index contributed by atoms with van der Waals surface area (Å²) in [5.74, 6) is 0. The van der Waals surface area contributed by atoms with Crippen molar-refractivity contribution in [2.45, 2.75) is 18.0 Å². The van der Waals surface area contributed by atoms with Gasteiger partial charge in [-0.15, -0.1) is 0 Å². The fourth-order valence-corrected chi connectivity index (χ4v) is 2.22. The average Bonchev–Trinajstić information content (AvgIpc) is 2.12. The van der Waals surface area contributed by atoms with Crippen molar-refractivity contribution in [3.8, 4) is 0 Å². The van der Waals surface area contributed by atoms with Crippen LogP contribution < -0.4 is 0 Å². The van der Waals surface area contributed by atoms with Gasteiger partial charge in [-0.2, -0.15) is 26.3 Å². The van der Waals surface area contributed by atoms with Crippen molar-refractivity contribution in [3.05, 3.63) is 33.3 Å². The predicted octanol–water partition coefficient (Wildman–Crippen LogP) is 4.41. The van der Waals surface area contributed by atoms with Crippen molar-refractivity contribution in [1.29, 1.82) is 0 Å². The molecular weight excluding hydrogens is 353 g/mol. The third-order valence-corrected chi connectivity index (χ3v) is 3.03. The number of rotatable bonds is 1. The summed E-state index contributed by atoms with van der Waals surface area (Å²) < 4.78 is 74.7. The van der Waals surface area contributed by atoms with Gasteiger partial charge in [0.15, 0.2) is 0 Å². The number of hydrogen-bond acceptors (Lipinski definition) is 1. The Morgan fingerprint density at radius 2 is 1.44 bits per heavy atom. The van der Waals surface area contributed by atoms with Crippen molar-refractivity contribution in [1.82, 2.24) is 0 Å². The van der Waals surface area contributed by atoms with Crippen LogP contribution in [0.25, 0.3) is 0 Å². The van der Waals surface area contributed by atoms with E-state index >= 15 is 0 Å². The lowest BCUT2D eigenvalue weighted by molar-refractivity contribution is -0.376. The number of benzene rings is 1. The zero-order chi connectivity index (χ0) is 14.4. The lowest BCUT2D eigenvalue weighted by Crippen LogP contribution is -2.54. The van der Waals surface area contributed by atoms with E-state index in [-0.39, 0.29) is 5.02 Å². The molecule has 0 aliphatic carbocycles. The molecule has 0 aliphatic rings. The van der Waals surface area contributed by atoms with E-state index in [2.05, 4.69) is 15.9 Å². The molecule has 102 valence electrons. The van der Waals surface area contributed by atoms with Gasteiger partial charge in [-0.05, 0) is 12.1 Å². The lowest BCUT2D eigenvalue weighted by Gasteiger charge is -2.33. The molecule has 1 aromatic carbocycles. The van der Waals surface area contributed by atoms with Crippen LogP contribution >= 0.6 is 27.5 Å². The molecule has 0 atom stereocenters.